The lowest BCUT2D eigenvalue weighted by Crippen LogP contribution is -2.47. The molecular weight excluding hydrogens is 218 g/mol. The van der Waals surface area contributed by atoms with E-state index in [0.717, 1.165) is 17.8 Å². The van der Waals surface area contributed by atoms with Crippen molar-refractivity contribution in [3.63, 3.8) is 0 Å². The summed E-state index contributed by atoms with van der Waals surface area (Å²) in [6.45, 7) is 2.04. The molecule has 0 spiro atoms. The van der Waals surface area contributed by atoms with Gasteiger partial charge in [-0.05, 0) is 25.0 Å². The Bertz CT molecular complexity index is 428. The maximum absolute atomic E-state index is 11.5. The van der Waals surface area contributed by atoms with Crippen molar-refractivity contribution < 1.29 is 9.59 Å². The first kappa shape index (κ1) is 11.6. The van der Waals surface area contributed by atoms with Gasteiger partial charge in [-0.25, -0.2) is 0 Å². The van der Waals surface area contributed by atoms with Crippen molar-refractivity contribution in [2.45, 2.75) is 32.2 Å². The minimum absolute atomic E-state index is 0.201. The van der Waals surface area contributed by atoms with Crippen molar-refractivity contribution in [3.8, 4) is 0 Å². The van der Waals surface area contributed by atoms with Gasteiger partial charge in [0.2, 0.25) is 11.8 Å². The van der Waals surface area contributed by atoms with Crippen molar-refractivity contribution in [1.29, 1.82) is 0 Å². The minimum Gasteiger partial charge on any atom is -0.372 e. The number of anilines is 1. The highest BCUT2D eigenvalue weighted by molar-refractivity contribution is 6.01. The normalized spacial score (nSPS) is 19.9. The third kappa shape index (κ3) is 2.81. The van der Waals surface area contributed by atoms with E-state index in [9.17, 15) is 9.59 Å². The smallest absolute Gasteiger partial charge is 0.249 e. The number of carbonyl (C=O) groups is 2. The molecule has 0 aromatic carbocycles. The molecule has 1 aliphatic heterocycles. The molecule has 2 N–H and O–H groups in total. The Morgan fingerprint density at radius 2 is 2.29 bits per heavy atom. The summed E-state index contributed by atoms with van der Waals surface area (Å²) in [4.78, 5) is 26.7. The zero-order valence-electron chi connectivity index (χ0n) is 9.69. The molecule has 1 aromatic rings. The van der Waals surface area contributed by atoms with Crippen LogP contribution in [0.1, 0.15) is 25.5 Å². The predicted octanol–water partition coefficient (Wildman–Crippen LogP) is 0.861. The fraction of sp³-hybridized carbons (Fsp3) is 0.417. The molecule has 0 aliphatic carbocycles. The third-order valence-electron chi connectivity index (χ3n) is 2.77. The van der Waals surface area contributed by atoms with Crippen LogP contribution in [0.25, 0.3) is 0 Å². The molecule has 0 unspecified atom stereocenters. The summed E-state index contributed by atoms with van der Waals surface area (Å²) >= 11 is 0. The van der Waals surface area contributed by atoms with Crippen LogP contribution in [0.4, 0.5) is 5.69 Å². The number of aromatic nitrogens is 1. The van der Waals surface area contributed by atoms with Crippen molar-refractivity contribution in [1.82, 2.24) is 10.3 Å². The van der Waals surface area contributed by atoms with Crippen LogP contribution in [0.15, 0.2) is 18.3 Å². The first-order valence-electron chi connectivity index (χ1n) is 5.74. The molecule has 2 amide bonds. The van der Waals surface area contributed by atoms with Crippen molar-refractivity contribution >= 4 is 17.5 Å². The van der Waals surface area contributed by atoms with Crippen LogP contribution in [0.3, 0.4) is 0 Å². The Morgan fingerprint density at radius 1 is 1.47 bits per heavy atom. The highest BCUT2D eigenvalue weighted by atomic mass is 16.2. The van der Waals surface area contributed by atoms with Gasteiger partial charge in [0.1, 0.15) is 6.04 Å². The first-order chi connectivity index (χ1) is 8.19. The fourth-order valence-corrected chi connectivity index (χ4v) is 1.75. The molecule has 2 heterocycles. The zero-order chi connectivity index (χ0) is 12.3. The molecule has 0 bridgehead atoms. The molecule has 5 nitrogen and oxygen atoms in total. The number of hydrogen-bond donors (Lipinski definition) is 2. The molecule has 1 aromatic heterocycles. The van der Waals surface area contributed by atoms with E-state index in [1.54, 1.807) is 6.20 Å². The van der Waals surface area contributed by atoms with Gasteiger partial charge >= 0.3 is 0 Å². The second-order valence-corrected chi connectivity index (χ2v) is 4.04. The Kier molecular flexibility index (Phi) is 3.37. The van der Waals surface area contributed by atoms with Gasteiger partial charge in [-0.1, -0.05) is 6.92 Å². The van der Waals surface area contributed by atoms with Crippen LogP contribution in [0.5, 0.6) is 0 Å². The fourth-order valence-electron chi connectivity index (χ4n) is 1.75. The first-order valence-corrected chi connectivity index (χ1v) is 5.74. The van der Waals surface area contributed by atoms with E-state index in [1.165, 1.54) is 0 Å². The average Bonchev–Trinajstić information content (AvgIpc) is 2.34. The average molecular weight is 233 g/mol. The van der Waals surface area contributed by atoms with E-state index in [2.05, 4.69) is 15.6 Å². The number of hydrogen-bond acceptors (Lipinski definition) is 4. The van der Waals surface area contributed by atoms with Crippen LogP contribution < -0.4 is 10.6 Å². The summed E-state index contributed by atoms with van der Waals surface area (Å²) in [5.74, 6) is -0.465. The molecule has 1 saturated heterocycles. The van der Waals surface area contributed by atoms with Gasteiger partial charge in [0, 0.05) is 12.1 Å². The maximum Gasteiger partial charge on any atom is 0.249 e. The number of carbonyl (C=O) groups excluding carboxylic acids is 2. The molecule has 90 valence electrons. The van der Waals surface area contributed by atoms with Gasteiger partial charge in [0.05, 0.1) is 11.9 Å². The molecular formula is C12H15N3O2. The van der Waals surface area contributed by atoms with Gasteiger partial charge in [-0.3, -0.25) is 19.9 Å². The number of imide groups is 1. The van der Waals surface area contributed by atoms with E-state index < -0.39 is 0 Å². The van der Waals surface area contributed by atoms with Crippen LogP contribution in [-0.2, 0) is 16.0 Å². The summed E-state index contributed by atoms with van der Waals surface area (Å²) < 4.78 is 0. The van der Waals surface area contributed by atoms with E-state index in [-0.39, 0.29) is 17.9 Å². The predicted molar refractivity (Wildman–Crippen MR) is 63.4 cm³/mol. The number of nitrogens with zero attached hydrogens (tertiary/aromatic N) is 1. The highest BCUT2D eigenvalue weighted by Crippen LogP contribution is 2.13. The van der Waals surface area contributed by atoms with Crippen LogP contribution in [0.2, 0.25) is 0 Å². The van der Waals surface area contributed by atoms with Crippen molar-refractivity contribution in [2.75, 3.05) is 5.32 Å². The monoisotopic (exact) mass is 233 g/mol. The summed E-state index contributed by atoms with van der Waals surface area (Å²) in [5.41, 5.74) is 1.82. The van der Waals surface area contributed by atoms with Crippen molar-refractivity contribution in [2.24, 2.45) is 0 Å². The lowest BCUT2D eigenvalue weighted by molar-refractivity contribution is -0.133. The Labute approximate surface area is 99.6 Å². The molecule has 1 fully saturated rings. The van der Waals surface area contributed by atoms with Crippen LogP contribution in [0, 0.1) is 0 Å². The Morgan fingerprint density at radius 3 is 2.88 bits per heavy atom. The van der Waals surface area contributed by atoms with Crippen LogP contribution in [-0.4, -0.2) is 22.8 Å². The molecule has 0 radical (unpaired) electrons. The summed E-state index contributed by atoms with van der Waals surface area (Å²) in [6.07, 6.45) is 3.51. The van der Waals surface area contributed by atoms with Gasteiger partial charge in [-0.15, -0.1) is 0 Å². The summed E-state index contributed by atoms with van der Waals surface area (Å²) in [5, 5.41) is 5.39. The molecule has 17 heavy (non-hydrogen) atoms. The second kappa shape index (κ2) is 4.95. The number of nitrogens with one attached hydrogen (secondary N) is 2. The Hall–Kier alpha value is -1.91. The molecule has 5 heteroatoms. The van der Waals surface area contributed by atoms with E-state index in [4.69, 9.17) is 0 Å². The number of rotatable bonds is 3. The number of piperidine rings is 1. The topological polar surface area (TPSA) is 71.1 Å². The van der Waals surface area contributed by atoms with E-state index in [0.29, 0.717) is 12.8 Å². The summed E-state index contributed by atoms with van der Waals surface area (Å²) in [7, 11) is 0. The molecule has 2 rings (SSSR count). The maximum atomic E-state index is 11.5. The van der Waals surface area contributed by atoms with E-state index >= 15 is 0 Å². The standard InChI is InChI=1S/C12H15N3O2/c1-2-8-3-4-9(7-13-8)14-10-5-6-11(16)15-12(10)17/h3-4,7,10,14H,2,5-6H2,1H3,(H,15,16,17)/t10-/m0/s1. The third-order valence-corrected chi connectivity index (χ3v) is 2.77. The van der Waals surface area contributed by atoms with E-state index in [1.807, 2.05) is 19.1 Å². The Balaban J connectivity index is 2.00. The number of pyridine rings is 1. The lowest BCUT2D eigenvalue weighted by Gasteiger charge is -2.22. The van der Waals surface area contributed by atoms with Gasteiger partial charge in [0.15, 0.2) is 0 Å². The largest absolute Gasteiger partial charge is 0.372 e. The molecule has 1 aliphatic rings. The number of amides is 2. The van der Waals surface area contributed by atoms with Gasteiger partial charge in [-0.2, -0.15) is 0 Å². The second-order valence-electron chi connectivity index (χ2n) is 4.04. The van der Waals surface area contributed by atoms with Gasteiger partial charge < -0.3 is 5.32 Å². The van der Waals surface area contributed by atoms with Crippen LogP contribution >= 0.6 is 0 Å². The molecule has 0 saturated carbocycles. The quantitative estimate of drug-likeness (QED) is 0.760. The zero-order valence-corrected chi connectivity index (χ0v) is 9.69. The van der Waals surface area contributed by atoms with Gasteiger partial charge in [0.25, 0.3) is 0 Å². The van der Waals surface area contributed by atoms with Crippen molar-refractivity contribution in [3.05, 3.63) is 24.0 Å². The lowest BCUT2D eigenvalue weighted by atomic mass is 10.1. The molecule has 1 atom stereocenters. The SMILES string of the molecule is CCc1ccc(N[C@H]2CCC(=O)NC2=O)cn1. The number of aryl methyl sites for hydroxylation is 1. The summed E-state index contributed by atoms with van der Waals surface area (Å²) in [6, 6.07) is 3.48. The highest BCUT2D eigenvalue weighted by Gasteiger charge is 2.26. The minimum atomic E-state index is -0.345.